The molecule has 1 unspecified atom stereocenters. The number of carbonyl (C=O) groups excluding carboxylic acids is 1. The van der Waals surface area contributed by atoms with Crippen molar-refractivity contribution in [1.82, 2.24) is 15.5 Å². The summed E-state index contributed by atoms with van der Waals surface area (Å²) in [5, 5.41) is 5.98. The lowest BCUT2D eigenvalue weighted by Gasteiger charge is -2.27. The number of rotatable bonds is 7. The van der Waals surface area contributed by atoms with Crippen molar-refractivity contribution in [3.8, 4) is 5.75 Å². The van der Waals surface area contributed by atoms with E-state index in [0.717, 1.165) is 45.2 Å². The molecular weight excluding hydrogens is 335 g/mol. The lowest BCUT2D eigenvalue weighted by atomic mass is 10.2. The highest BCUT2D eigenvalue weighted by Gasteiger charge is 2.34. The number of hydrogen-bond acceptors (Lipinski definition) is 4. The Labute approximate surface area is 145 Å². The van der Waals surface area contributed by atoms with E-state index in [0.29, 0.717) is 6.54 Å². The van der Waals surface area contributed by atoms with E-state index in [4.69, 9.17) is 4.74 Å². The zero-order valence-electron chi connectivity index (χ0n) is 14.2. The number of halogens is 3. The number of nitrogens with one attached hydrogen (secondary N) is 2. The van der Waals surface area contributed by atoms with Crippen molar-refractivity contribution in [3.05, 3.63) is 29.8 Å². The van der Waals surface area contributed by atoms with Gasteiger partial charge in [-0.3, -0.25) is 4.79 Å². The molecule has 1 atom stereocenters. The summed E-state index contributed by atoms with van der Waals surface area (Å²) in [6, 6.07) is 4.89. The molecule has 140 valence electrons. The molecule has 1 aliphatic rings. The highest BCUT2D eigenvalue weighted by Crippen LogP contribution is 2.36. The molecule has 1 amide bonds. The Morgan fingerprint density at radius 3 is 2.68 bits per heavy atom. The van der Waals surface area contributed by atoms with Crippen molar-refractivity contribution in [1.29, 1.82) is 0 Å². The van der Waals surface area contributed by atoms with Gasteiger partial charge in [0.2, 0.25) is 0 Å². The number of para-hydroxylation sites is 1. The summed E-state index contributed by atoms with van der Waals surface area (Å²) in [5.74, 6) is -0.754. The van der Waals surface area contributed by atoms with E-state index >= 15 is 0 Å². The Hall–Kier alpha value is -1.80. The van der Waals surface area contributed by atoms with Crippen LogP contribution in [0.15, 0.2) is 24.3 Å². The van der Waals surface area contributed by atoms with Crippen LogP contribution in [0.25, 0.3) is 0 Å². The summed E-state index contributed by atoms with van der Waals surface area (Å²) >= 11 is 0. The van der Waals surface area contributed by atoms with Gasteiger partial charge in [-0.25, -0.2) is 0 Å². The smallest absolute Gasteiger partial charge is 0.419 e. The molecule has 1 saturated heterocycles. The van der Waals surface area contributed by atoms with Crippen LogP contribution in [0.5, 0.6) is 5.75 Å². The molecule has 25 heavy (non-hydrogen) atoms. The van der Waals surface area contributed by atoms with E-state index < -0.39 is 23.8 Å². The van der Waals surface area contributed by atoms with Crippen molar-refractivity contribution >= 4 is 5.91 Å². The second-order valence-electron chi connectivity index (χ2n) is 5.99. The molecule has 0 radical (unpaired) electrons. The third-order valence-corrected chi connectivity index (χ3v) is 4.03. The average molecular weight is 359 g/mol. The Bertz CT molecular complexity index is 560. The summed E-state index contributed by atoms with van der Waals surface area (Å²) < 4.78 is 44.0. The minimum absolute atomic E-state index is 0.335. The van der Waals surface area contributed by atoms with E-state index in [-0.39, 0.29) is 5.75 Å². The maximum absolute atomic E-state index is 12.9. The van der Waals surface area contributed by atoms with Gasteiger partial charge in [-0.15, -0.1) is 0 Å². The third kappa shape index (κ3) is 6.21. The van der Waals surface area contributed by atoms with Crippen molar-refractivity contribution < 1.29 is 22.7 Å². The van der Waals surface area contributed by atoms with Crippen LogP contribution in [-0.4, -0.2) is 56.2 Å². The lowest BCUT2D eigenvalue weighted by molar-refractivity contribution is -0.140. The van der Waals surface area contributed by atoms with Gasteiger partial charge in [0.25, 0.3) is 5.91 Å². The van der Waals surface area contributed by atoms with Crippen LogP contribution in [-0.2, 0) is 11.0 Å². The predicted octanol–water partition coefficient (Wildman–Crippen LogP) is 1.88. The first-order valence-corrected chi connectivity index (χ1v) is 8.41. The van der Waals surface area contributed by atoms with E-state index in [9.17, 15) is 18.0 Å². The van der Waals surface area contributed by atoms with Crippen LogP contribution in [0.4, 0.5) is 13.2 Å². The fraction of sp³-hybridized carbons (Fsp3) is 0.588. The van der Waals surface area contributed by atoms with Crippen LogP contribution in [0.3, 0.4) is 0 Å². The molecule has 5 nitrogen and oxygen atoms in total. The standard InChI is InChI=1S/C17H24F3N3O2/c1-13(25-15-6-3-2-5-14(15)17(18,19)20)16(24)22-7-4-10-23-11-8-21-9-12-23/h2-3,5-6,13,21H,4,7-12H2,1H3,(H,22,24). The molecule has 0 aromatic heterocycles. The molecule has 1 aromatic carbocycles. The van der Waals surface area contributed by atoms with Crippen molar-refractivity contribution in [3.63, 3.8) is 0 Å². The SMILES string of the molecule is CC(Oc1ccccc1C(F)(F)F)C(=O)NCCCN1CCNCC1. The van der Waals surface area contributed by atoms with Crippen molar-refractivity contribution in [2.24, 2.45) is 0 Å². The van der Waals surface area contributed by atoms with Crippen LogP contribution < -0.4 is 15.4 Å². The summed E-state index contributed by atoms with van der Waals surface area (Å²) in [6.45, 7) is 6.71. The van der Waals surface area contributed by atoms with Gasteiger partial charge in [-0.1, -0.05) is 12.1 Å². The average Bonchev–Trinajstić information content (AvgIpc) is 2.59. The summed E-state index contributed by atoms with van der Waals surface area (Å²) in [7, 11) is 0. The zero-order chi connectivity index (χ0) is 18.3. The Balaban J connectivity index is 1.77. The zero-order valence-corrected chi connectivity index (χ0v) is 14.2. The number of nitrogens with zero attached hydrogens (tertiary/aromatic N) is 1. The van der Waals surface area contributed by atoms with Crippen molar-refractivity contribution in [2.45, 2.75) is 25.6 Å². The van der Waals surface area contributed by atoms with Gasteiger partial charge >= 0.3 is 6.18 Å². The third-order valence-electron chi connectivity index (χ3n) is 4.03. The quantitative estimate of drug-likeness (QED) is 0.730. The van der Waals surface area contributed by atoms with E-state index in [2.05, 4.69) is 15.5 Å². The molecule has 0 bridgehead atoms. The maximum atomic E-state index is 12.9. The van der Waals surface area contributed by atoms with Crippen LogP contribution >= 0.6 is 0 Å². The fourth-order valence-electron chi connectivity index (χ4n) is 2.64. The predicted molar refractivity (Wildman–Crippen MR) is 88.5 cm³/mol. The monoisotopic (exact) mass is 359 g/mol. The molecule has 0 aliphatic carbocycles. The molecule has 0 saturated carbocycles. The lowest BCUT2D eigenvalue weighted by Crippen LogP contribution is -2.44. The highest BCUT2D eigenvalue weighted by atomic mass is 19.4. The summed E-state index contributed by atoms with van der Waals surface area (Å²) in [4.78, 5) is 14.3. The van der Waals surface area contributed by atoms with Crippen LogP contribution in [0.1, 0.15) is 18.9 Å². The van der Waals surface area contributed by atoms with E-state index in [1.807, 2.05) is 0 Å². The summed E-state index contributed by atoms with van der Waals surface area (Å²) in [6.07, 6.45) is -4.73. The van der Waals surface area contributed by atoms with Gasteiger partial charge in [0.1, 0.15) is 5.75 Å². The number of amides is 1. The van der Waals surface area contributed by atoms with Gasteiger partial charge in [0, 0.05) is 32.7 Å². The molecular formula is C17H24F3N3O2. The minimum Gasteiger partial charge on any atom is -0.480 e. The second-order valence-corrected chi connectivity index (χ2v) is 5.99. The Morgan fingerprint density at radius 2 is 2.00 bits per heavy atom. The fourth-order valence-corrected chi connectivity index (χ4v) is 2.64. The Kier molecular flexibility index (Phi) is 7.07. The summed E-state index contributed by atoms with van der Waals surface area (Å²) in [5.41, 5.74) is -0.881. The first-order valence-electron chi connectivity index (χ1n) is 8.41. The molecule has 8 heteroatoms. The maximum Gasteiger partial charge on any atom is 0.419 e. The molecule has 2 N–H and O–H groups in total. The Morgan fingerprint density at radius 1 is 1.32 bits per heavy atom. The van der Waals surface area contributed by atoms with Gasteiger partial charge in [0.05, 0.1) is 5.56 Å². The molecule has 1 aromatic rings. The molecule has 1 aliphatic heterocycles. The molecule has 1 fully saturated rings. The first-order chi connectivity index (χ1) is 11.9. The number of piperazine rings is 1. The van der Waals surface area contributed by atoms with Crippen molar-refractivity contribution in [2.75, 3.05) is 39.3 Å². The number of carbonyl (C=O) groups is 1. The molecule has 1 heterocycles. The van der Waals surface area contributed by atoms with Gasteiger partial charge in [-0.2, -0.15) is 13.2 Å². The van der Waals surface area contributed by atoms with Crippen LogP contribution in [0, 0.1) is 0 Å². The second kappa shape index (κ2) is 9.05. The van der Waals surface area contributed by atoms with Gasteiger partial charge in [0.15, 0.2) is 6.10 Å². The minimum atomic E-state index is -4.52. The number of benzene rings is 1. The number of hydrogen-bond donors (Lipinski definition) is 2. The van der Waals surface area contributed by atoms with Gasteiger partial charge < -0.3 is 20.3 Å². The largest absolute Gasteiger partial charge is 0.480 e. The molecule has 0 spiro atoms. The molecule has 2 rings (SSSR count). The van der Waals surface area contributed by atoms with Gasteiger partial charge in [-0.05, 0) is 32.0 Å². The normalized spacial score (nSPS) is 17.1. The number of ether oxygens (including phenoxy) is 1. The highest BCUT2D eigenvalue weighted by molar-refractivity contribution is 5.80. The van der Waals surface area contributed by atoms with E-state index in [1.165, 1.54) is 25.1 Å². The topological polar surface area (TPSA) is 53.6 Å². The number of alkyl halides is 3. The first kappa shape index (κ1) is 19.5. The van der Waals surface area contributed by atoms with E-state index in [1.54, 1.807) is 0 Å². The van der Waals surface area contributed by atoms with Crippen LogP contribution in [0.2, 0.25) is 0 Å².